The summed E-state index contributed by atoms with van der Waals surface area (Å²) in [4.78, 5) is 30.5. The molecule has 1 saturated heterocycles. The molecule has 196 valence electrons. The first-order chi connectivity index (χ1) is 18.4. The van der Waals surface area contributed by atoms with E-state index in [9.17, 15) is 14.7 Å². The molecule has 2 aliphatic heterocycles. The molecule has 2 aliphatic rings. The maximum Gasteiger partial charge on any atom is 0.300 e. The number of hydrogen-bond acceptors (Lipinski definition) is 7. The van der Waals surface area contributed by atoms with Gasteiger partial charge in [-0.25, -0.2) is 0 Å². The molecule has 0 spiro atoms. The fraction of sp³-hybridized carbons (Fsp3) is 0.267. The van der Waals surface area contributed by atoms with Crippen LogP contribution in [0.1, 0.15) is 31.0 Å². The molecule has 0 aromatic heterocycles. The van der Waals surface area contributed by atoms with E-state index < -0.39 is 17.7 Å². The van der Waals surface area contributed by atoms with Gasteiger partial charge in [-0.3, -0.25) is 14.5 Å². The van der Waals surface area contributed by atoms with Gasteiger partial charge in [0.05, 0.1) is 37.1 Å². The van der Waals surface area contributed by atoms with Crippen molar-refractivity contribution < 1.29 is 28.9 Å². The number of ether oxygens (including phenoxy) is 3. The fourth-order valence-corrected chi connectivity index (χ4v) is 4.90. The van der Waals surface area contributed by atoms with Crippen LogP contribution in [0.4, 0.5) is 11.4 Å². The Morgan fingerprint density at radius 1 is 0.974 bits per heavy atom. The third-order valence-electron chi connectivity index (χ3n) is 6.66. The number of rotatable bonds is 7. The van der Waals surface area contributed by atoms with Gasteiger partial charge in [-0.1, -0.05) is 18.2 Å². The number of amides is 1. The smallest absolute Gasteiger partial charge is 0.300 e. The Balaban J connectivity index is 1.69. The number of carbonyl (C=O) groups excluding carboxylic acids is 2. The summed E-state index contributed by atoms with van der Waals surface area (Å²) in [5.41, 5.74) is 2.35. The molecule has 2 heterocycles. The van der Waals surface area contributed by atoms with E-state index in [1.807, 2.05) is 44.0 Å². The number of nitrogens with zero attached hydrogens (tertiary/aromatic N) is 2. The second-order valence-electron chi connectivity index (χ2n) is 9.06. The lowest BCUT2D eigenvalue weighted by molar-refractivity contribution is -0.132. The number of likely N-dealkylation sites (N-methyl/N-ethyl adjacent to an activating group) is 1. The zero-order valence-corrected chi connectivity index (χ0v) is 21.6. The number of ketones is 1. The highest BCUT2D eigenvalue weighted by atomic mass is 16.5. The van der Waals surface area contributed by atoms with Gasteiger partial charge >= 0.3 is 0 Å². The third-order valence-corrected chi connectivity index (χ3v) is 6.66. The SMILES string of the molecule is CCOc1cccc(C2/C(=C(/O)c3ccc4c(c3)N(C)CCO4)C(=O)C(=O)N2c2cccc(OCC)c2)c1. The molecule has 0 saturated carbocycles. The number of Topliss-reactive ketones (excluding diaryl/α,β-unsaturated/α-hetero) is 1. The summed E-state index contributed by atoms with van der Waals surface area (Å²) >= 11 is 0. The minimum atomic E-state index is -0.878. The number of aliphatic hydroxyl groups is 1. The first-order valence-electron chi connectivity index (χ1n) is 12.7. The van der Waals surface area contributed by atoms with Crippen LogP contribution in [-0.4, -0.2) is 50.2 Å². The molecule has 3 aromatic rings. The van der Waals surface area contributed by atoms with Crippen molar-refractivity contribution >= 4 is 28.8 Å². The zero-order valence-electron chi connectivity index (χ0n) is 21.6. The minimum Gasteiger partial charge on any atom is -0.507 e. The summed E-state index contributed by atoms with van der Waals surface area (Å²) in [6.07, 6.45) is 0. The van der Waals surface area contributed by atoms with Gasteiger partial charge < -0.3 is 24.2 Å². The molecule has 1 N–H and O–H groups in total. The van der Waals surface area contributed by atoms with Crippen LogP contribution in [0, 0.1) is 0 Å². The molecule has 1 fully saturated rings. The summed E-state index contributed by atoms with van der Waals surface area (Å²) in [7, 11) is 1.94. The molecule has 8 heteroatoms. The molecular weight excluding hydrogens is 484 g/mol. The van der Waals surface area contributed by atoms with Crippen molar-refractivity contribution in [1.29, 1.82) is 0 Å². The number of aliphatic hydroxyl groups excluding tert-OH is 1. The van der Waals surface area contributed by atoms with E-state index in [2.05, 4.69) is 0 Å². The Labute approximate surface area is 221 Å². The second kappa shape index (κ2) is 10.5. The number of benzene rings is 3. The Morgan fingerprint density at radius 2 is 1.68 bits per heavy atom. The second-order valence-corrected chi connectivity index (χ2v) is 9.06. The molecule has 0 bridgehead atoms. The maximum absolute atomic E-state index is 13.6. The lowest BCUT2D eigenvalue weighted by Crippen LogP contribution is -2.29. The summed E-state index contributed by atoms with van der Waals surface area (Å²) in [6.45, 7) is 5.94. The molecule has 1 amide bonds. The van der Waals surface area contributed by atoms with Crippen molar-refractivity contribution in [2.24, 2.45) is 0 Å². The highest BCUT2D eigenvalue weighted by molar-refractivity contribution is 6.51. The van der Waals surface area contributed by atoms with Crippen molar-refractivity contribution in [1.82, 2.24) is 0 Å². The molecule has 0 radical (unpaired) electrons. The van der Waals surface area contributed by atoms with Crippen molar-refractivity contribution in [3.63, 3.8) is 0 Å². The molecule has 3 aromatic carbocycles. The quantitative estimate of drug-likeness (QED) is 0.271. The largest absolute Gasteiger partial charge is 0.507 e. The van der Waals surface area contributed by atoms with E-state index in [0.717, 1.165) is 5.69 Å². The van der Waals surface area contributed by atoms with E-state index in [1.165, 1.54) is 4.90 Å². The van der Waals surface area contributed by atoms with Crippen molar-refractivity contribution in [3.05, 3.63) is 83.4 Å². The first-order valence-corrected chi connectivity index (χ1v) is 12.7. The molecule has 0 aliphatic carbocycles. The van der Waals surface area contributed by atoms with Crippen LogP contribution in [-0.2, 0) is 9.59 Å². The van der Waals surface area contributed by atoms with Crippen LogP contribution in [0.25, 0.3) is 5.76 Å². The van der Waals surface area contributed by atoms with E-state index in [-0.39, 0.29) is 11.3 Å². The average molecular weight is 515 g/mol. The maximum atomic E-state index is 13.6. The van der Waals surface area contributed by atoms with Crippen molar-refractivity contribution in [3.8, 4) is 17.2 Å². The molecular formula is C30H30N2O6. The Kier molecular flexibility index (Phi) is 6.96. The number of hydrogen-bond donors (Lipinski definition) is 1. The van der Waals surface area contributed by atoms with E-state index in [4.69, 9.17) is 14.2 Å². The Bertz CT molecular complexity index is 1420. The third kappa shape index (κ3) is 4.53. The summed E-state index contributed by atoms with van der Waals surface area (Å²) in [6, 6.07) is 18.6. The van der Waals surface area contributed by atoms with Gasteiger partial charge in [0.25, 0.3) is 11.7 Å². The van der Waals surface area contributed by atoms with Crippen LogP contribution in [0.5, 0.6) is 17.2 Å². The van der Waals surface area contributed by atoms with Crippen LogP contribution >= 0.6 is 0 Å². The lowest BCUT2D eigenvalue weighted by atomic mass is 9.94. The van der Waals surface area contributed by atoms with Gasteiger partial charge in [0.15, 0.2) is 0 Å². The van der Waals surface area contributed by atoms with Gasteiger partial charge in [0.2, 0.25) is 0 Å². The van der Waals surface area contributed by atoms with Crippen molar-refractivity contribution in [2.45, 2.75) is 19.9 Å². The van der Waals surface area contributed by atoms with Crippen LogP contribution in [0.15, 0.2) is 72.3 Å². The summed E-state index contributed by atoms with van der Waals surface area (Å²) < 4.78 is 17.1. The fourth-order valence-electron chi connectivity index (χ4n) is 4.90. The molecule has 1 unspecified atom stereocenters. The number of anilines is 2. The van der Waals surface area contributed by atoms with Gasteiger partial charge in [-0.05, 0) is 61.9 Å². The van der Waals surface area contributed by atoms with Crippen LogP contribution in [0.3, 0.4) is 0 Å². The Hall–Kier alpha value is -4.46. The monoisotopic (exact) mass is 514 g/mol. The van der Waals surface area contributed by atoms with Gasteiger partial charge in [-0.15, -0.1) is 0 Å². The first kappa shape index (κ1) is 25.2. The highest BCUT2D eigenvalue weighted by Crippen LogP contribution is 2.44. The molecule has 8 nitrogen and oxygen atoms in total. The molecule has 38 heavy (non-hydrogen) atoms. The van der Waals surface area contributed by atoms with Crippen molar-refractivity contribution in [2.75, 3.05) is 43.2 Å². The van der Waals surface area contributed by atoms with Gasteiger partial charge in [-0.2, -0.15) is 0 Å². The summed E-state index contributed by atoms with van der Waals surface area (Å²) in [5, 5.41) is 11.6. The van der Waals surface area contributed by atoms with Gasteiger partial charge in [0, 0.05) is 24.4 Å². The normalized spacial score (nSPS) is 18.2. The standard InChI is InChI=1S/C30H30N2O6/c1-4-36-22-10-6-8-19(16-22)27-26(28(33)20-12-13-25-24(17-20)31(3)14-15-38-25)29(34)30(35)32(27)21-9-7-11-23(18-21)37-5-2/h6-13,16-18,27,33H,4-5,14-15H2,1-3H3/b28-26-. The minimum absolute atomic E-state index is 0.00444. The Morgan fingerprint density at radius 3 is 2.42 bits per heavy atom. The number of fused-ring (bicyclic) bond motifs is 1. The predicted molar refractivity (Wildman–Crippen MR) is 145 cm³/mol. The van der Waals surface area contributed by atoms with E-state index in [1.54, 1.807) is 48.5 Å². The number of carbonyl (C=O) groups is 2. The van der Waals surface area contributed by atoms with Gasteiger partial charge in [0.1, 0.15) is 29.6 Å². The highest BCUT2D eigenvalue weighted by Gasteiger charge is 2.47. The molecule has 5 rings (SSSR count). The van der Waals surface area contributed by atoms with E-state index >= 15 is 0 Å². The average Bonchev–Trinajstić information content (AvgIpc) is 3.19. The predicted octanol–water partition coefficient (Wildman–Crippen LogP) is 4.94. The lowest BCUT2D eigenvalue weighted by Gasteiger charge is -2.28. The van der Waals surface area contributed by atoms with Crippen LogP contribution < -0.4 is 24.0 Å². The van der Waals surface area contributed by atoms with Crippen LogP contribution in [0.2, 0.25) is 0 Å². The zero-order chi connectivity index (χ0) is 26.8. The summed E-state index contributed by atoms with van der Waals surface area (Å²) in [5.74, 6) is 0.131. The molecule has 1 atom stereocenters. The topological polar surface area (TPSA) is 88.5 Å². The van der Waals surface area contributed by atoms with E-state index in [0.29, 0.717) is 60.4 Å².